The Hall–Kier alpha value is -2.02. The van der Waals surface area contributed by atoms with Gasteiger partial charge in [0.15, 0.2) is 17.7 Å². The van der Waals surface area contributed by atoms with E-state index >= 15 is 0 Å². The second-order valence-corrected chi connectivity index (χ2v) is 6.39. The summed E-state index contributed by atoms with van der Waals surface area (Å²) in [5.74, 6) is 1.30. The molecule has 0 bridgehead atoms. The summed E-state index contributed by atoms with van der Waals surface area (Å²) in [5.41, 5.74) is 4.65. The van der Waals surface area contributed by atoms with E-state index < -0.39 is 0 Å². The first-order valence-corrected chi connectivity index (χ1v) is 9.10. The maximum absolute atomic E-state index is 6.04. The molecule has 0 amide bonds. The van der Waals surface area contributed by atoms with Crippen molar-refractivity contribution in [3.63, 3.8) is 0 Å². The van der Waals surface area contributed by atoms with Crippen molar-refractivity contribution in [1.29, 1.82) is 0 Å². The minimum Gasteiger partial charge on any atom is -0.490 e. The zero-order valence-electron chi connectivity index (χ0n) is 14.4. The van der Waals surface area contributed by atoms with Crippen molar-refractivity contribution in [3.8, 4) is 11.5 Å². The lowest BCUT2D eigenvalue weighted by atomic mass is 10.2. The predicted molar refractivity (Wildman–Crippen MR) is 109 cm³/mol. The molecule has 0 saturated carbocycles. The van der Waals surface area contributed by atoms with Crippen molar-refractivity contribution in [1.82, 2.24) is 10.7 Å². The fourth-order valence-electron chi connectivity index (χ4n) is 2.04. The van der Waals surface area contributed by atoms with E-state index in [1.807, 2.05) is 31.2 Å². The minimum absolute atomic E-state index is 0.357. The molecule has 0 atom stereocenters. The van der Waals surface area contributed by atoms with E-state index in [4.69, 9.17) is 44.9 Å². The molecule has 0 heterocycles. The number of thiocarbonyl (C=S) groups is 1. The minimum atomic E-state index is 0.357. The Labute approximate surface area is 168 Å². The molecule has 0 fully saturated rings. The lowest BCUT2D eigenvalue weighted by molar-refractivity contribution is -0.500. The number of nitrogens with one attached hydrogen (secondary N) is 3. The van der Waals surface area contributed by atoms with Gasteiger partial charge in [-0.3, -0.25) is 0 Å². The van der Waals surface area contributed by atoms with Crippen LogP contribution < -0.4 is 25.3 Å². The monoisotopic (exact) mass is 412 g/mol. The van der Waals surface area contributed by atoms with E-state index in [0.717, 1.165) is 11.1 Å². The van der Waals surface area contributed by atoms with Gasteiger partial charge in [-0.05, 0) is 55.0 Å². The first-order valence-electron chi connectivity index (χ1n) is 7.93. The van der Waals surface area contributed by atoms with Gasteiger partial charge < -0.3 is 14.8 Å². The van der Waals surface area contributed by atoms with Crippen LogP contribution in [0.1, 0.15) is 18.1 Å². The molecule has 138 valence electrons. The molecule has 0 aliphatic heterocycles. The van der Waals surface area contributed by atoms with Gasteiger partial charge in [0.2, 0.25) is 5.11 Å². The van der Waals surface area contributed by atoms with Crippen LogP contribution in [-0.4, -0.2) is 25.0 Å². The number of benzene rings is 2. The molecule has 0 unspecified atom stereocenters. The average molecular weight is 413 g/mol. The number of ether oxygens (including phenoxy) is 2. The van der Waals surface area contributed by atoms with Crippen LogP contribution in [0.3, 0.4) is 0 Å². The number of rotatable bonds is 7. The van der Waals surface area contributed by atoms with Crippen molar-refractivity contribution < 1.29 is 14.6 Å². The van der Waals surface area contributed by atoms with Gasteiger partial charge in [-0.15, -0.1) is 10.5 Å². The number of hydrogen-bond acceptors (Lipinski definition) is 3. The molecule has 5 nitrogen and oxygen atoms in total. The standard InChI is InChI=1S/C18H19Cl2N3O2S/c1-3-24-17-9-12(10-22-23-18(26)21-2)5-7-16(17)25-11-13-4-6-14(19)15(20)8-13/h4-10H,3,11H2,1-2H3,(H2,21,23,26)/p+1. The smallest absolute Gasteiger partial charge is 0.223 e. The normalized spacial score (nSPS) is 10.6. The number of hydrogen-bond donors (Lipinski definition) is 3. The fraction of sp³-hybridized carbons (Fsp3) is 0.222. The van der Waals surface area contributed by atoms with Gasteiger partial charge >= 0.3 is 0 Å². The molecular weight excluding hydrogens is 393 g/mol. The van der Waals surface area contributed by atoms with Gasteiger partial charge in [-0.25, -0.2) is 0 Å². The summed E-state index contributed by atoms with van der Waals surface area (Å²) >= 11 is 17.0. The summed E-state index contributed by atoms with van der Waals surface area (Å²) in [6.45, 7) is 2.81. The van der Waals surface area contributed by atoms with E-state index in [1.165, 1.54) is 0 Å². The SMILES string of the molecule is CCOc1cc(C=[NH+]NC(=S)NC)ccc1OCc1ccc(Cl)c(Cl)c1. The van der Waals surface area contributed by atoms with E-state index in [0.29, 0.717) is 39.9 Å². The maximum atomic E-state index is 6.04. The summed E-state index contributed by atoms with van der Waals surface area (Å²) < 4.78 is 11.6. The molecule has 0 aliphatic carbocycles. The predicted octanol–water partition coefficient (Wildman–Crippen LogP) is 2.48. The van der Waals surface area contributed by atoms with Crippen molar-refractivity contribution in [2.45, 2.75) is 13.5 Å². The molecule has 26 heavy (non-hydrogen) atoms. The molecule has 3 N–H and O–H groups in total. The molecule has 2 aromatic rings. The Balaban J connectivity index is 2.09. The third-order valence-corrected chi connectivity index (χ3v) is 4.34. The number of halogens is 2. The summed E-state index contributed by atoms with van der Waals surface area (Å²) in [7, 11) is 1.74. The number of hydrazone groups is 1. The first-order chi connectivity index (χ1) is 12.5. The highest BCUT2D eigenvalue weighted by atomic mass is 35.5. The second kappa shape index (κ2) is 10.2. The Morgan fingerprint density at radius 2 is 1.92 bits per heavy atom. The molecule has 2 rings (SSSR count). The zero-order chi connectivity index (χ0) is 18.9. The topological polar surface area (TPSA) is 56.5 Å². The van der Waals surface area contributed by atoms with Crippen LogP contribution >= 0.6 is 35.4 Å². The third-order valence-electron chi connectivity index (χ3n) is 3.30. The van der Waals surface area contributed by atoms with Crippen molar-refractivity contribution in [3.05, 3.63) is 57.6 Å². The second-order valence-electron chi connectivity index (χ2n) is 5.17. The van der Waals surface area contributed by atoms with Crippen molar-refractivity contribution >= 4 is 46.7 Å². The molecular formula is C18H20Cl2N3O2S+. The molecule has 0 radical (unpaired) electrons. The molecule has 0 aliphatic rings. The molecule has 8 heteroatoms. The maximum Gasteiger partial charge on any atom is 0.223 e. The first kappa shape index (κ1) is 20.3. The number of hydrazine groups is 1. The third kappa shape index (κ3) is 6.05. The highest BCUT2D eigenvalue weighted by Crippen LogP contribution is 2.29. The molecule has 2 aromatic carbocycles. The zero-order valence-corrected chi connectivity index (χ0v) is 16.8. The van der Waals surface area contributed by atoms with Crippen LogP contribution in [0.4, 0.5) is 0 Å². The Morgan fingerprint density at radius 3 is 2.62 bits per heavy atom. The summed E-state index contributed by atoms with van der Waals surface area (Å²) in [6, 6.07) is 11.0. The van der Waals surface area contributed by atoms with Crippen LogP contribution in [0.25, 0.3) is 0 Å². The lowest BCUT2D eigenvalue weighted by Crippen LogP contribution is -2.82. The van der Waals surface area contributed by atoms with Gasteiger partial charge in [-0.1, -0.05) is 29.3 Å². The largest absolute Gasteiger partial charge is 0.490 e. The summed E-state index contributed by atoms with van der Waals surface area (Å²) in [5, 5.41) is 7.23. The van der Waals surface area contributed by atoms with E-state index in [1.54, 1.807) is 25.4 Å². The Kier molecular flexibility index (Phi) is 7.97. The molecule has 0 saturated heterocycles. The Morgan fingerprint density at radius 1 is 1.12 bits per heavy atom. The van der Waals surface area contributed by atoms with Gasteiger partial charge in [0.25, 0.3) is 0 Å². The lowest BCUT2D eigenvalue weighted by Gasteiger charge is -2.12. The summed E-state index contributed by atoms with van der Waals surface area (Å²) in [4.78, 5) is 0. The molecule has 0 spiro atoms. The highest BCUT2D eigenvalue weighted by molar-refractivity contribution is 7.80. The van der Waals surface area contributed by atoms with Crippen LogP contribution in [-0.2, 0) is 6.61 Å². The van der Waals surface area contributed by atoms with Gasteiger partial charge in [0, 0.05) is 12.6 Å². The van der Waals surface area contributed by atoms with Crippen molar-refractivity contribution in [2.24, 2.45) is 0 Å². The summed E-state index contributed by atoms with van der Waals surface area (Å²) in [6.07, 6.45) is 1.77. The fourth-order valence-corrected chi connectivity index (χ4v) is 2.42. The van der Waals surface area contributed by atoms with Crippen LogP contribution in [0, 0.1) is 0 Å². The highest BCUT2D eigenvalue weighted by Gasteiger charge is 2.08. The molecule has 0 aromatic heterocycles. The van der Waals surface area contributed by atoms with Crippen LogP contribution in [0.15, 0.2) is 36.4 Å². The van der Waals surface area contributed by atoms with Gasteiger partial charge in [0.1, 0.15) is 6.61 Å². The average Bonchev–Trinajstić information content (AvgIpc) is 2.64. The van der Waals surface area contributed by atoms with Crippen LogP contribution in [0.5, 0.6) is 11.5 Å². The van der Waals surface area contributed by atoms with Gasteiger partial charge in [-0.2, -0.15) is 0 Å². The van der Waals surface area contributed by atoms with E-state index in [9.17, 15) is 0 Å². The van der Waals surface area contributed by atoms with Crippen LogP contribution in [0.2, 0.25) is 10.0 Å². The van der Waals surface area contributed by atoms with E-state index in [2.05, 4.69) is 15.8 Å². The van der Waals surface area contributed by atoms with Gasteiger partial charge in [0.05, 0.1) is 16.7 Å². The Bertz CT molecular complexity index is 800. The van der Waals surface area contributed by atoms with Crippen molar-refractivity contribution in [2.75, 3.05) is 13.7 Å². The quantitative estimate of drug-likeness (QED) is 0.370. The van der Waals surface area contributed by atoms with E-state index in [-0.39, 0.29) is 0 Å².